The minimum Gasteiger partial charge on any atom is -0.508 e. The summed E-state index contributed by atoms with van der Waals surface area (Å²) in [6, 6.07) is 4.26. The van der Waals surface area contributed by atoms with Crippen LogP contribution in [0.3, 0.4) is 0 Å². The minimum absolute atomic E-state index is 0.0580. The Morgan fingerprint density at radius 2 is 1.39 bits per heavy atom. The lowest BCUT2D eigenvalue weighted by atomic mass is 9.91. The number of rotatable bonds is 1. The van der Waals surface area contributed by atoms with Gasteiger partial charge in [0.05, 0.1) is 5.56 Å². The van der Waals surface area contributed by atoms with Gasteiger partial charge in [0.1, 0.15) is 29.5 Å². The van der Waals surface area contributed by atoms with Crippen LogP contribution in [-0.4, -0.2) is 41.8 Å². The fourth-order valence-electron chi connectivity index (χ4n) is 2.59. The molecule has 2 aromatic carbocycles. The largest absolute Gasteiger partial charge is 0.508 e. The Morgan fingerprint density at radius 1 is 0.783 bits per heavy atom. The van der Waals surface area contributed by atoms with Crippen molar-refractivity contribution in [2.75, 3.05) is 0 Å². The fraction of sp³-hybridized carbons (Fsp3) is 0.200. The smallest absolute Gasteiger partial charge is 0.200 e. The van der Waals surface area contributed by atoms with Gasteiger partial charge < -0.3 is 40.5 Å². The first-order chi connectivity index (χ1) is 10.8. The van der Waals surface area contributed by atoms with Gasteiger partial charge in [0.2, 0.25) is 0 Å². The van der Waals surface area contributed by atoms with Gasteiger partial charge in [0.15, 0.2) is 23.4 Å². The number of ether oxygens (including phenoxy) is 1. The van der Waals surface area contributed by atoms with Crippen molar-refractivity contribution < 1.29 is 40.5 Å². The number of hydrogen-bond acceptors (Lipinski definition) is 8. The minimum atomic E-state index is -1.53. The monoisotopic (exact) mass is 322 g/mol. The third-order valence-electron chi connectivity index (χ3n) is 3.71. The van der Waals surface area contributed by atoms with Gasteiger partial charge in [-0.3, -0.25) is 0 Å². The van der Waals surface area contributed by atoms with Crippen molar-refractivity contribution in [3.8, 4) is 34.5 Å². The highest BCUT2D eigenvalue weighted by Crippen LogP contribution is 2.48. The lowest BCUT2D eigenvalue weighted by molar-refractivity contribution is -0.0711. The Morgan fingerprint density at radius 3 is 2.00 bits per heavy atom. The summed E-state index contributed by atoms with van der Waals surface area (Å²) in [5.41, 5.74) is -0.00314. The standard InChI is InChI=1S/C15H14O8/c16-6-3-7(17)11-10(4-6)23-15(14(22)13(11)21)5-1-8(18)12(20)9(19)2-5/h1-4,13-22H/t13-,14-,15-/m1/s1. The summed E-state index contributed by atoms with van der Waals surface area (Å²) in [7, 11) is 0. The molecule has 0 radical (unpaired) electrons. The number of phenolic OH excluding ortho intramolecular Hbond substituents is 5. The quantitative estimate of drug-likeness (QED) is 0.380. The molecular weight excluding hydrogens is 308 g/mol. The Labute approximate surface area is 129 Å². The molecule has 8 heteroatoms. The van der Waals surface area contributed by atoms with E-state index in [1.54, 1.807) is 0 Å². The number of aliphatic hydroxyl groups is 2. The summed E-state index contributed by atoms with van der Waals surface area (Å²) in [5, 5.41) is 68.2. The van der Waals surface area contributed by atoms with E-state index in [-0.39, 0.29) is 22.6 Å². The van der Waals surface area contributed by atoms with Gasteiger partial charge in [-0.1, -0.05) is 0 Å². The van der Waals surface area contributed by atoms with Crippen molar-refractivity contribution in [3.63, 3.8) is 0 Å². The molecule has 0 bridgehead atoms. The maximum absolute atomic E-state index is 10.2. The van der Waals surface area contributed by atoms with Crippen LogP contribution in [0.15, 0.2) is 24.3 Å². The van der Waals surface area contributed by atoms with Crippen molar-refractivity contribution in [2.45, 2.75) is 18.3 Å². The number of aliphatic hydroxyl groups excluding tert-OH is 2. The predicted molar refractivity (Wildman–Crippen MR) is 75.5 cm³/mol. The van der Waals surface area contributed by atoms with Crippen LogP contribution >= 0.6 is 0 Å². The van der Waals surface area contributed by atoms with E-state index in [0.717, 1.165) is 24.3 Å². The summed E-state index contributed by atoms with van der Waals surface area (Å²) in [5.74, 6) is -2.79. The molecule has 1 heterocycles. The molecule has 0 aromatic heterocycles. The zero-order valence-electron chi connectivity index (χ0n) is 11.6. The molecule has 7 N–H and O–H groups in total. The molecule has 0 saturated heterocycles. The molecule has 8 nitrogen and oxygen atoms in total. The Hall–Kier alpha value is -2.84. The summed E-state index contributed by atoms with van der Waals surface area (Å²) in [6.07, 6.45) is -4.26. The lowest BCUT2D eigenvalue weighted by Gasteiger charge is -2.34. The third-order valence-corrected chi connectivity index (χ3v) is 3.71. The van der Waals surface area contributed by atoms with Gasteiger partial charge in [-0.2, -0.15) is 0 Å². The lowest BCUT2D eigenvalue weighted by Crippen LogP contribution is -2.34. The summed E-state index contributed by atoms with van der Waals surface area (Å²) >= 11 is 0. The van der Waals surface area contributed by atoms with E-state index < -0.39 is 41.3 Å². The average Bonchev–Trinajstić information content (AvgIpc) is 2.47. The summed E-state index contributed by atoms with van der Waals surface area (Å²) in [4.78, 5) is 0. The molecule has 1 aliphatic heterocycles. The molecule has 1 aliphatic rings. The summed E-state index contributed by atoms with van der Waals surface area (Å²) < 4.78 is 5.48. The van der Waals surface area contributed by atoms with E-state index in [0.29, 0.717) is 0 Å². The zero-order valence-corrected chi connectivity index (χ0v) is 11.6. The number of phenols is 5. The highest BCUT2D eigenvalue weighted by atomic mass is 16.5. The van der Waals surface area contributed by atoms with Crippen molar-refractivity contribution in [1.82, 2.24) is 0 Å². The molecule has 0 amide bonds. The van der Waals surface area contributed by atoms with Crippen molar-refractivity contribution in [3.05, 3.63) is 35.4 Å². The number of aromatic hydroxyl groups is 5. The number of fused-ring (bicyclic) bond motifs is 1. The van der Waals surface area contributed by atoms with Crippen LogP contribution in [0.25, 0.3) is 0 Å². The molecular formula is C15H14O8. The van der Waals surface area contributed by atoms with Gasteiger partial charge in [-0.05, 0) is 12.1 Å². The first-order valence-electron chi connectivity index (χ1n) is 6.63. The molecule has 3 atom stereocenters. The van der Waals surface area contributed by atoms with Gasteiger partial charge in [0, 0.05) is 17.7 Å². The van der Waals surface area contributed by atoms with Crippen LogP contribution in [0, 0.1) is 0 Å². The van der Waals surface area contributed by atoms with E-state index in [9.17, 15) is 35.7 Å². The van der Waals surface area contributed by atoms with Crippen LogP contribution in [0.2, 0.25) is 0 Å². The molecule has 0 saturated carbocycles. The van der Waals surface area contributed by atoms with E-state index in [1.807, 2.05) is 0 Å². The Kier molecular flexibility index (Phi) is 3.35. The molecule has 0 aliphatic carbocycles. The summed E-state index contributed by atoms with van der Waals surface area (Å²) in [6.45, 7) is 0. The second-order valence-electron chi connectivity index (χ2n) is 5.26. The first-order valence-corrected chi connectivity index (χ1v) is 6.63. The molecule has 0 fully saturated rings. The molecule has 3 rings (SSSR count). The Bertz CT molecular complexity index is 749. The van der Waals surface area contributed by atoms with Crippen LogP contribution in [-0.2, 0) is 0 Å². The second-order valence-corrected chi connectivity index (χ2v) is 5.26. The SMILES string of the molecule is Oc1cc(O)c2c(c1)O[C@H](c1cc(O)c(O)c(O)c1)[C@H](O)[C@@H]2O. The van der Waals surface area contributed by atoms with Crippen LogP contribution < -0.4 is 4.74 Å². The first kappa shape index (κ1) is 15.1. The van der Waals surface area contributed by atoms with Crippen molar-refractivity contribution in [1.29, 1.82) is 0 Å². The fourth-order valence-corrected chi connectivity index (χ4v) is 2.59. The Balaban J connectivity index is 2.09. The molecule has 0 spiro atoms. The maximum atomic E-state index is 10.2. The van der Waals surface area contributed by atoms with Gasteiger partial charge in [-0.25, -0.2) is 0 Å². The van der Waals surface area contributed by atoms with Gasteiger partial charge >= 0.3 is 0 Å². The predicted octanol–water partition coefficient (Wildman–Crippen LogP) is 0.743. The van der Waals surface area contributed by atoms with Crippen LogP contribution in [0.4, 0.5) is 0 Å². The zero-order chi connectivity index (χ0) is 16.9. The van der Waals surface area contributed by atoms with E-state index in [2.05, 4.69) is 0 Å². The topological polar surface area (TPSA) is 151 Å². The van der Waals surface area contributed by atoms with Crippen LogP contribution in [0.5, 0.6) is 34.5 Å². The van der Waals surface area contributed by atoms with Crippen molar-refractivity contribution in [2.24, 2.45) is 0 Å². The normalized spacial score (nSPS) is 23.1. The van der Waals surface area contributed by atoms with Gasteiger partial charge in [-0.15, -0.1) is 0 Å². The van der Waals surface area contributed by atoms with E-state index in [1.165, 1.54) is 0 Å². The molecule has 2 aromatic rings. The number of hydrogen-bond donors (Lipinski definition) is 7. The highest BCUT2D eigenvalue weighted by molar-refractivity contribution is 5.55. The molecule has 122 valence electrons. The van der Waals surface area contributed by atoms with Gasteiger partial charge in [0.25, 0.3) is 0 Å². The van der Waals surface area contributed by atoms with E-state index in [4.69, 9.17) is 4.74 Å². The maximum Gasteiger partial charge on any atom is 0.200 e. The van der Waals surface area contributed by atoms with Crippen LogP contribution in [0.1, 0.15) is 23.3 Å². The third kappa shape index (κ3) is 2.33. The number of benzene rings is 2. The molecule has 23 heavy (non-hydrogen) atoms. The highest BCUT2D eigenvalue weighted by Gasteiger charge is 2.39. The van der Waals surface area contributed by atoms with E-state index >= 15 is 0 Å². The molecule has 0 unspecified atom stereocenters. The second kappa shape index (κ2) is 5.11. The average molecular weight is 322 g/mol. The van der Waals surface area contributed by atoms with Crippen molar-refractivity contribution >= 4 is 0 Å².